The number of esters is 1. The van der Waals surface area contributed by atoms with Gasteiger partial charge >= 0.3 is 5.97 Å². The Hall–Kier alpha value is -3.35. The summed E-state index contributed by atoms with van der Waals surface area (Å²) in [6.45, 7) is 1.74. The summed E-state index contributed by atoms with van der Waals surface area (Å²) in [5, 5.41) is 20.2. The minimum Gasteiger partial charge on any atom is -0.507 e. The molecule has 128 valence electrons. The number of carbonyl (C=O) groups excluding carboxylic acids is 3. The highest BCUT2D eigenvalue weighted by Gasteiger charge is 2.35. The van der Waals surface area contributed by atoms with Crippen molar-refractivity contribution in [3.8, 4) is 17.2 Å². The smallest absolute Gasteiger partial charge is 0.338 e. The van der Waals surface area contributed by atoms with Gasteiger partial charge in [0.2, 0.25) is 5.78 Å². The van der Waals surface area contributed by atoms with E-state index in [0.717, 1.165) is 6.07 Å². The summed E-state index contributed by atoms with van der Waals surface area (Å²) in [6, 6.07) is 4.80. The molecule has 0 radical (unpaired) electrons. The van der Waals surface area contributed by atoms with Crippen LogP contribution in [0.3, 0.4) is 0 Å². The Bertz CT molecular complexity index is 928. The Balaban J connectivity index is 2.23. The van der Waals surface area contributed by atoms with Crippen LogP contribution in [0.4, 0.5) is 0 Å². The molecule has 7 heteroatoms. The van der Waals surface area contributed by atoms with E-state index >= 15 is 0 Å². The largest absolute Gasteiger partial charge is 0.507 e. The summed E-state index contributed by atoms with van der Waals surface area (Å²) in [5.41, 5.74) is -0.707. The molecule has 0 bridgehead atoms. The van der Waals surface area contributed by atoms with Gasteiger partial charge in [-0.25, -0.2) is 4.79 Å². The van der Waals surface area contributed by atoms with E-state index in [-0.39, 0.29) is 40.2 Å². The van der Waals surface area contributed by atoms with Gasteiger partial charge in [0.05, 0.1) is 30.4 Å². The zero-order chi connectivity index (χ0) is 18.3. The minimum atomic E-state index is -0.722. The minimum absolute atomic E-state index is 0.0465. The van der Waals surface area contributed by atoms with Gasteiger partial charge in [-0.1, -0.05) is 0 Å². The predicted octanol–water partition coefficient (Wildman–Crippen LogP) is 2.06. The summed E-state index contributed by atoms with van der Waals surface area (Å²) in [7, 11) is 1.36. The Morgan fingerprint density at radius 1 is 0.960 bits per heavy atom. The van der Waals surface area contributed by atoms with Crippen molar-refractivity contribution in [3.05, 3.63) is 52.1 Å². The number of phenolic OH excluding ortho intramolecular Hbond substituents is 2. The number of aromatic hydroxyl groups is 2. The number of ketones is 2. The highest BCUT2D eigenvalue weighted by molar-refractivity contribution is 6.30. The summed E-state index contributed by atoms with van der Waals surface area (Å²) in [4.78, 5) is 37.3. The predicted molar refractivity (Wildman–Crippen MR) is 85.6 cm³/mol. The first kappa shape index (κ1) is 16.5. The molecule has 1 aliphatic carbocycles. The topological polar surface area (TPSA) is 110 Å². The molecule has 7 nitrogen and oxygen atoms in total. The van der Waals surface area contributed by atoms with Gasteiger partial charge in [-0.3, -0.25) is 9.59 Å². The first-order valence-electron chi connectivity index (χ1n) is 7.43. The zero-order valence-corrected chi connectivity index (χ0v) is 13.5. The lowest BCUT2D eigenvalue weighted by Crippen LogP contribution is -2.22. The first-order chi connectivity index (χ1) is 11.9. The van der Waals surface area contributed by atoms with Crippen LogP contribution in [0.15, 0.2) is 24.3 Å². The fraction of sp³-hybridized carbons (Fsp3) is 0.167. The second-order valence-electron chi connectivity index (χ2n) is 5.37. The van der Waals surface area contributed by atoms with E-state index in [1.165, 1.54) is 25.3 Å². The van der Waals surface area contributed by atoms with Crippen LogP contribution >= 0.6 is 0 Å². The van der Waals surface area contributed by atoms with Gasteiger partial charge in [0, 0.05) is 17.2 Å². The lowest BCUT2D eigenvalue weighted by atomic mass is 9.82. The van der Waals surface area contributed by atoms with E-state index in [2.05, 4.69) is 0 Å². The van der Waals surface area contributed by atoms with E-state index in [1.807, 2.05) is 0 Å². The lowest BCUT2D eigenvalue weighted by Gasteiger charge is -2.20. The fourth-order valence-corrected chi connectivity index (χ4v) is 2.78. The van der Waals surface area contributed by atoms with Gasteiger partial charge < -0.3 is 19.7 Å². The molecule has 0 aromatic heterocycles. The number of carbonyl (C=O) groups is 3. The monoisotopic (exact) mass is 342 g/mol. The van der Waals surface area contributed by atoms with Gasteiger partial charge in [-0.05, 0) is 25.1 Å². The highest BCUT2D eigenvalue weighted by Crippen LogP contribution is 2.39. The van der Waals surface area contributed by atoms with Crippen molar-refractivity contribution in [2.45, 2.75) is 6.92 Å². The van der Waals surface area contributed by atoms with Crippen molar-refractivity contribution in [3.63, 3.8) is 0 Å². The van der Waals surface area contributed by atoms with Crippen LogP contribution in [0.25, 0.3) is 0 Å². The maximum absolute atomic E-state index is 12.8. The SMILES string of the molecule is CCOC(=O)c1cc(O)c2c(c1)C(=O)c1cc(OC)cc(O)c1C2=O. The van der Waals surface area contributed by atoms with Crippen LogP contribution in [0, 0.1) is 0 Å². The van der Waals surface area contributed by atoms with E-state index in [0.29, 0.717) is 0 Å². The van der Waals surface area contributed by atoms with Crippen LogP contribution < -0.4 is 4.74 Å². The third-order valence-electron chi connectivity index (χ3n) is 3.90. The Morgan fingerprint density at radius 2 is 1.56 bits per heavy atom. The Morgan fingerprint density at radius 3 is 2.16 bits per heavy atom. The van der Waals surface area contributed by atoms with Gasteiger partial charge in [0.1, 0.15) is 17.2 Å². The molecule has 2 N–H and O–H groups in total. The normalized spacial score (nSPS) is 12.4. The molecule has 25 heavy (non-hydrogen) atoms. The van der Waals surface area contributed by atoms with E-state index in [4.69, 9.17) is 9.47 Å². The van der Waals surface area contributed by atoms with Crippen LogP contribution in [0.1, 0.15) is 49.1 Å². The van der Waals surface area contributed by atoms with E-state index in [9.17, 15) is 24.6 Å². The molecule has 2 aromatic carbocycles. The molecule has 2 aromatic rings. The number of phenols is 2. The number of fused-ring (bicyclic) bond motifs is 2. The maximum atomic E-state index is 12.8. The Labute approximate surface area is 142 Å². The van der Waals surface area contributed by atoms with Crippen LogP contribution in [0.2, 0.25) is 0 Å². The maximum Gasteiger partial charge on any atom is 0.338 e. The molecule has 0 unspecified atom stereocenters. The molecule has 0 atom stereocenters. The molecule has 0 aliphatic heterocycles. The molecule has 0 spiro atoms. The number of rotatable bonds is 3. The van der Waals surface area contributed by atoms with Gasteiger partial charge in [-0.15, -0.1) is 0 Å². The number of ether oxygens (including phenoxy) is 2. The molecule has 0 heterocycles. The standard InChI is InChI=1S/C18H14O7/c1-3-25-18(23)8-4-10-14(12(19)5-8)17(22)15-11(16(10)21)6-9(24-2)7-13(15)20/h4-7,19-20H,3H2,1-2H3. The molecule has 0 saturated heterocycles. The fourth-order valence-electron chi connectivity index (χ4n) is 2.78. The average molecular weight is 342 g/mol. The molecular formula is C18H14O7. The number of hydrogen-bond donors (Lipinski definition) is 2. The zero-order valence-electron chi connectivity index (χ0n) is 13.5. The summed E-state index contributed by atoms with van der Waals surface area (Å²) >= 11 is 0. The summed E-state index contributed by atoms with van der Waals surface area (Å²) in [5.74, 6) is -2.79. The molecule has 0 amide bonds. The first-order valence-corrected chi connectivity index (χ1v) is 7.43. The summed E-state index contributed by atoms with van der Waals surface area (Å²) < 4.78 is 9.86. The number of methoxy groups -OCH3 is 1. The third-order valence-corrected chi connectivity index (χ3v) is 3.90. The van der Waals surface area contributed by atoms with Crippen molar-refractivity contribution in [1.82, 2.24) is 0 Å². The second kappa shape index (κ2) is 5.94. The second-order valence-corrected chi connectivity index (χ2v) is 5.37. The van der Waals surface area contributed by atoms with Crippen molar-refractivity contribution in [1.29, 1.82) is 0 Å². The van der Waals surface area contributed by atoms with Gasteiger partial charge in [-0.2, -0.15) is 0 Å². The molecule has 0 saturated carbocycles. The van der Waals surface area contributed by atoms with E-state index < -0.39 is 29.0 Å². The van der Waals surface area contributed by atoms with Crippen molar-refractivity contribution in [2.75, 3.05) is 13.7 Å². The van der Waals surface area contributed by atoms with Crippen molar-refractivity contribution in [2.24, 2.45) is 0 Å². The molecular weight excluding hydrogens is 328 g/mol. The quantitative estimate of drug-likeness (QED) is 0.701. The number of benzene rings is 2. The van der Waals surface area contributed by atoms with Crippen LogP contribution in [-0.4, -0.2) is 41.5 Å². The van der Waals surface area contributed by atoms with Gasteiger partial charge in [0.15, 0.2) is 5.78 Å². The van der Waals surface area contributed by atoms with Gasteiger partial charge in [0.25, 0.3) is 0 Å². The molecule has 1 aliphatic rings. The lowest BCUT2D eigenvalue weighted by molar-refractivity contribution is 0.0525. The summed E-state index contributed by atoms with van der Waals surface area (Å²) in [6.07, 6.45) is 0. The van der Waals surface area contributed by atoms with Crippen LogP contribution in [0.5, 0.6) is 17.2 Å². The van der Waals surface area contributed by atoms with Crippen molar-refractivity contribution >= 4 is 17.5 Å². The van der Waals surface area contributed by atoms with E-state index in [1.54, 1.807) is 6.92 Å². The Kier molecular flexibility index (Phi) is 3.92. The highest BCUT2D eigenvalue weighted by atomic mass is 16.5. The number of hydrogen-bond acceptors (Lipinski definition) is 7. The van der Waals surface area contributed by atoms with Crippen molar-refractivity contribution < 1.29 is 34.1 Å². The molecule has 3 rings (SSSR count). The average Bonchev–Trinajstić information content (AvgIpc) is 2.58. The molecule has 0 fully saturated rings. The third kappa shape index (κ3) is 2.50. The van der Waals surface area contributed by atoms with Crippen LogP contribution in [-0.2, 0) is 4.74 Å².